The van der Waals surface area contributed by atoms with Crippen molar-refractivity contribution in [2.75, 3.05) is 25.2 Å². The first-order valence-electron chi connectivity index (χ1n) is 6.74. The normalized spacial score (nSPS) is 11.1. The summed E-state index contributed by atoms with van der Waals surface area (Å²) in [5.41, 5.74) is 3.42. The van der Waals surface area contributed by atoms with Gasteiger partial charge in [-0.3, -0.25) is 19.6 Å². The van der Waals surface area contributed by atoms with Gasteiger partial charge in [-0.25, -0.2) is 17.9 Å². The molecular formula is C13H15N5O6S. The van der Waals surface area contributed by atoms with Gasteiger partial charge < -0.3 is 15.8 Å². The summed E-state index contributed by atoms with van der Waals surface area (Å²) < 4.78 is 30.8. The van der Waals surface area contributed by atoms with Crippen molar-refractivity contribution in [2.24, 2.45) is 0 Å². The van der Waals surface area contributed by atoms with Crippen LogP contribution in [0.25, 0.3) is 0 Å². The van der Waals surface area contributed by atoms with Gasteiger partial charge in [-0.2, -0.15) is 0 Å². The molecule has 25 heavy (non-hydrogen) atoms. The summed E-state index contributed by atoms with van der Waals surface area (Å²) in [6.45, 7) is 0. The van der Waals surface area contributed by atoms with Gasteiger partial charge >= 0.3 is 5.69 Å². The average molecular weight is 369 g/mol. The Bertz CT molecular complexity index is 1040. The lowest BCUT2D eigenvalue weighted by molar-refractivity contribution is 0.102. The maximum atomic E-state index is 12.4. The summed E-state index contributed by atoms with van der Waals surface area (Å²) >= 11 is 0. The number of methoxy groups -OCH3 is 1. The SMILES string of the molecule is CNS(=O)(=O)c1ccc(C(=O)Nc2c(N)[nH]c(=O)[nH]c2=O)c(OC)c1. The number of rotatable bonds is 5. The maximum Gasteiger partial charge on any atom is 0.327 e. The van der Waals surface area contributed by atoms with Crippen LogP contribution in [0.5, 0.6) is 5.75 Å². The molecule has 0 bridgehead atoms. The number of anilines is 2. The number of nitrogens with one attached hydrogen (secondary N) is 4. The summed E-state index contributed by atoms with van der Waals surface area (Å²) in [5, 5.41) is 2.25. The molecule has 0 atom stereocenters. The number of nitrogens with two attached hydrogens (primary N) is 1. The average Bonchev–Trinajstić information content (AvgIpc) is 2.57. The number of sulfonamides is 1. The van der Waals surface area contributed by atoms with E-state index in [1.807, 2.05) is 4.98 Å². The van der Waals surface area contributed by atoms with Crippen LogP contribution in [-0.2, 0) is 10.0 Å². The third-order valence-corrected chi connectivity index (χ3v) is 4.62. The lowest BCUT2D eigenvalue weighted by atomic mass is 10.2. The summed E-state index contributed by atoms with van der Waals surface area (Å²) in [6.07, 6.45) is 0. The molecule has 11 nitrogen and oxygen atoms in total. The number of hydrogen-bond acceptors (Lipinski definition) is 7. The number of hydrogen-bond donors (Lipinski definition) is 5. The van der Waals surface area contributed by atoms with E-state index >= 15 is 0 Å². The minimum atomic E-state index is -3.73. The molecule has 1 aromatic heterocycles. The van der Waals surface area contributed by atoms with Crippen LogP contribution in [0, 0.1) is 0 Å². The van der Waals surface area contributed by atoms with Gasteiger partial charge in [0.05, 0.1) is 17.6 Å². The van der Waals surface area contributed by atoms with E-state index in [9.17, 15) is 22.8 Å². The smallest absolute Gasteiger partial charge is 0.327 e. The Labute approximate surface area is 141 Å². The van der Waals surface area contributed by atoms with Crippen LogP contribution in [0.3, 0.4) is 0 Å². The van der Waals surface area contributed by atoms with Crippen molar-refractivity contribution >= 4 is 27.4 Å². The highest BCUT2D eigenvalue weighted by molar-refractivity contribution is 7.89. The van der Waals surface area contributed by atoms with E-state index in [-0.39, 0.29) is 27.7 Å². The molecule has 2 aromatic rings. The number of amides is 1. The molecular weight excluding hydrogens is 354 g/mol. The van der Waals surface area contributed by atoms with E-state index in [4.69, 9.17) is 10.5 Å². The van der Waals surface area contributed by atoms with Crippen LogP contribution in [-0.4, -0.2) is 38.5 Å². The fourth-order valence-electron chi connectivity index (χ4n) is 1.95. The molecule has 0 fully saturated rings. The zero-order valence-electron chi connectivity index (χ0n) is 13.2. The number of H-pyrrole nitrogens is 2. The van der Waals surface area contributed by atoms with Gasteiger partial charge in [-0.05, 0) is 19.2 Å². The van der Waals surface area contributed by atoms with Crippen LogP contribution >= 0.6 is 0 Å². The first-order chi connectivity index (χ1) is 11.7. The fourth-order valence-corrected chi connectivity index (χ4v) is 2.70. The Morgan fingerprint density at radius 1 is 1.24 bits per heavy atom. The standard InChI is InChI=1S/C13H15N5O6S/c1-15-25(22,23)6-3-4-7(8(5-6)24-2)11(19)16-9-10(14)17-13(21)18-12(9)20/h3-5,15H,1-2H3,(H,16,19)(H4,14,17,18,20,21). The molecule has 2 rings (SSSR count). The zero-order chi connectivity index (χ0) is 18.8. The minimum absolute atomic E-state index is 0.0340. The van der Waals surface area contributed by atoms with E-state index in [2.05, 4.69) is 15.0 Å². The number of ether oxygens (including phenoxy) is 1. The number of carbonyl (C=O) groups is 1. The number of aromatic amines is 2. The molecule has 0 aliphatic heterocycles. The Kier molecular flexibility index (Phi) is 4.94. The van der Waals surface area contributed by atoms with Crippen LogP contribution in [0.15, 0.2) is 32.7 Å². The van der Waals surface area contributed by atoms with Gasteiger partial charge in [0.2, 0.25) is 10.0 Å². The van der Waals surface area contributed by atoms with Crippen LogP contribution in [0.4, 0.5) is 11.5 Å². The lowest BCUT2D eigenvalue weighted by Gasteiger charge is -2.11. The van der Waals surface area contributed by atoms with Gasteiger partial charge in [-0.15, -0.1) is 0 Å². The molecule has 0 unspecified atom stereocenters. The monoisotopic (exact) mass is 369 g/mol. The van der Waals surface area contributed by atoms with Crippen molar-refractivity contribution in [1.82, 2.24) is 14.7 Å². The molecule has 0 aliphatic rings. The second-order valence-electron chi connectivity index (χ2n) is 4.72. The van der Waals surface area contributed by atoms with Gasteiger partial charge in [0.25, 0.3) is 11.5 Å². The van der Waals surface area contributed by atoms with Crippen molar-refractivity contribution in [3.05, 3.63) is 44.6 Å². The topological polar surface area (TPSA) is 176 Å². The van der Waals surface area contributed by atoms with Gasteiger partial charge in [-0.1, -0.05) is 0 Å². The van der Waals surface area contributed by atoms with E-state index in [1.54, 1.807) is 0 Å². The minimum Gasteiger partial charge on any atom is -0.496 e. The number of nitrogen functional groups attached to an aromatic ring is 1. The quantitative estimate of drug-likeness (QED) is 0.440. The van der Waals surface area contributed by atoms with E-state index in [0.717, 1.165) is 6.07 Å². The van der Waals surface area contributed by atoms with Crippen molar-refractivity contribution in [3.8, 4) is 5.75 Å². The first kappa shape index (κ1) is 18.2. The van der Waals surface area contributed by atoms with Crippen molar-refractivity contribution < 1.29 is 17.9 Å². The van der Waals surface area contributed by atoms with E-state index < -0.39 is 27.2 Å². The van der Waals surface area contributed by atoms with Gasteiger partial charge in [0.15, 0.2) is 0 Å². The third kappa shape index (κ3) is 3.70. The van der Waals surface area contributed by atoms with Crippen molar-refractivity contribution in [3.63, 3.8) is 0 Å². The second kappa shape index (κ2) is 6.78. The molecule has 0 spiro atoms. The largest absolute Gasteiger partial charge is 0.496 e. The molecule has 6 N–H and O–H groups in total. The summed E-state index contributed by atoms with van der Waals surface area (Å²) in [5.74, 6) is -1.14. The Morgan fingerprint density at radius 3 is 2.48 bits per heavy atom. The number of carbonyl (C=O) groups excluding carboxylic acids is 1. The van der Waals surface area contributed by atoms with Gasteiger partial charge in [0, 0.05) is 6.07 Å². The molecule has 1 amide bonds. The molecule has 0 aliphatic carbocycles. The second-order valence-corrected chi connectivity index (χ2v) is 6.61. The Balaban J connectivity index is 2.44. The lowest BCUT2D eigenvalue weighted by Crippen LogP contribution is -2.29. The molecule has 0 radical (unpaired) electrons. The van der Waals surface area contributed by atoms with Crippen LogP contribution in [0.2, 0.25) is 0 Å². The summed E-state index contributed by atoms with van der Waals surface area (Å²) in [6, 6.07) is 3.57. The molecule has 1 aromatic carbocycles. The zero-order valence-corrected chi connectivity index (χ0v) is 14.0. The molecule has 0 saturated carbocycles. The molecule has 1 heterocycles. The van der Waals surface area contributed by atoms with E-state index in [0.29, 0.717) is 0 Å². The van der Waals surface area contributed by atoms with Gasteiger partial charge in [0.1, 0.15) is 17.3 Å². The van der Waals surface area contributed by atoms with Crippen LogP contribution < -0.4 is 31.8 Å². The molecule has 12 heteroatoms. The highest BCUT2D eigenvalue weighted by atomic mass is 32.2. The molecule has 0 saturated heterocycles. The van der Waals surface area contributed by atoms with Crippen molar-refractivity contribution in [1.29, 1.82) is 0 Å². The number of aromatic nitrogens is 2. The highest BCUT2D eigenvalue weighted by Crippen LogP contribution is 2.24. The summed E-state index contributed by atoms with van der Waals surface area (Å²) in [4.78, 5) is 39.1. The number of benzene rings is 1. The molecule has 134 valence electrons. The van der Waals surface area contributed by atoms with E-state index in [1.165, 1.54) is 26.3 Å². The fraction of sp³-hybridized carbons (Fsp3) is 0.154. The third-order valence-electron chi connectivity index (χ3n) is 3.21. The predicted molar refractivity (Wildman–Crippen MR) is 89.3 cm³/mol. The van der Waals surface area contributed by atoms with Crippen molar-refractivity contribution in [2.45, 2.75) is 4.90 Å². The maximum absolute atomic E-state index is 12.4. The summed E-state index contributed by atoms with van der Waals surface area (Å²) in [7, 11) is -1.23. The predicted octanol–water partition coefficient (Wildman–Crippen LogP) is -1.19. The first-order valence-corrected chi connectivity index (χ1v) is 8.23. The highest BCUT2D eigenvalue weighted by Gasteiger charge is 2.20. The van der Waals surface area contributed by atoms with Crippen LogP contribution in [0.1, 0.15) is 10.4 Å². The Hall–Kier alpha value is -3.12. The Morgan fingerprint density at radius 2 is 1.92 bits per heavy atom.